The highest BCUT2D eigenvalue weighted by Crippen LogP contribution is 2.26. The third-order valence-electron chi connectivity index (χ3n) is 4.93. The van der Waals surface area contributed by atoms with E-state index < -0.39 is 15.9 Å². The second-order valence-corrected chi connectivity index (χ2v) is 8.57. The van der Waals surface area contributed by atoms with E-state index in [4.69, 9.17) is 14.2 Å². The van der Waals surface area contributed by atoms with Gasteiger partial charge in [-0.3, -0.25) is 4.79 Å². The summed E-state index contributed by atoms with van der Waals surface area (Å²) in [5.41, 5.74) is 1.07. The molecule has 0 bridgehead atoms. The fourth-order valence-electron chi connectivity index (χ4n) is 3.20. The number of sulfonamides is 1. The summed E-state index contributed by atoms with van der Waals surface area (Å²) in [6.45, 7) is 4.56. The molecule has 0 saturated carbocycles. The lowest BCUT2D eigenvalue weighted by molar-refractivity contribution is 0.0950. The molecule has 2 rings (SSSR count). The molecule has 0 aliphatic carbocycles. The molecule has 0 aliphatic heterocycles. The summed E-state index contributed by atoms with van der Waals surface area (Å²) < 4.78 is 42.8. The van der Waals surface area contributed by atoms with Crippen LogP contribution in [0.4, 0.5) is 0 Å². The Labute approximate surface area is 184 Å². The van der Waals surface area contributed by atoms with Crippen molar-refractivity contribution in [1.82, 2.24) is 9.62 Å². The second-order valence-electron chi connectivity index (χ2n) is 6.64. The van der Waals surface area contributed by atoms with E-state index >= 15 is 0 Å². The van der Waals surface area contributed by atoms with Crippen LogP contribution in [0.5, 0.6) is 17.2 Å². The molecule has 0 spiro atoms. The number of nitrogens with zero attached hydrogens (tertiary/aromatic N) is 1. The number of methoxy groups -OCH3 is 3. The molecule has 170 valence electrons. The Hall–Kier alpha value is -2.78. The van der Waals surface area contributed by atoms with Gasteiger partial charge < -0.3 is 19.5 Å². The first kappa shape index (κ1) is 24.5. The fourth-order valence-corrected chi connectivity index (χ4v) is 4.69. The van der Waals surface area contributed by atoms with Gasteiger partial charge in [0.25, 0.3) is 5.91 Å². The Kier molecular flexibility index (Phi) is 8.70. The largest absolute Gasteiger partial charge is 0.497 e. The van der Waals surface area contributed by atoms with Crippen LogP contribution in [0.1, 0.15) is 29.8 Å². The lowest BCUT2D eigenvalue weighted by atomic mass is 10.1. The molecule has 2 aromatic rings. The van der Waals surface area contributed by atoms with E-state index in [1.807, 2.05) is 12.1 Å². The highest BCUT2D eigenvalue weighted by Gasteiger charge is 2.24. The van der Waals surface area contributed by atoms with Crippen LogP contribution >= 0.6 is 0 Å². The van der Waals surface area contributed by atoms with Crippen LogP contribution in [0.25, 0.3) is 0 Å². The van der Waals surface area contributed by atoms with Gasteiger partial charge in [-0.2, -0.15) is 4.31 Å². The van der Waals surface area contributed by atoms with Crippen LogP contribution in [-0.4, -0.2) is 59.6 Å². The van der Waals surface area contributed by atoms with E-state index in [0.29, 0.717) is 43.3 Å². The predicted octanol–water partition coefficient (Wildman–Crippen LogP) is 2.72. The molecule has 1 N–H and O–H groups in total. The Balaban J connectivity index is 2.19. The van der Waals surface area contributed by atoms with Crippen molar-refractivity contribution in [3.63, 3.8) is 0 Å². The number of carbonyl (C=O) groups excluding carboxylic acids is 1. The van der Waals surface area contributed by atoms with Gasteiger partial charge in [0, 0.05) is 25.7 Å². The Morgan fingerprint density at radius 2 is 1.61 bits per heavy atom. The van der Waals surface area contributed by atoms with E-state index in [1.165, 1.54) is 29.6 Å². The number of hydrogen-bond donors (Lipinski definition) is 1. The summed E-state index contributed by atoms with van der Waals surface area (Å²) in [5, 5.41) is 2.82. The van der Waals surface area contributed by atoms with Crippen molar-refractivity contribution in [1.29, 1.82) is 0 Å². The quantitative estimate of drug-likeness (QED) is 0.566. The highest BCUT2D eigenvalue weighted by molar-refractivity contribution is 7.89. The number of ether oxygens (including phenoxy) is 3. The summed E-state index contributed by atoms with van der Waals surface area (Å²) >= 11 is 0. The Morgan fingerprint density at radius 3 is 2.19 bits per heavy atom. The fraction of sp³-hybridized carbons (Fsp3) is 0.409. The molecule has 0 heterocycles. The number of hydrogen-bond acceptors (Lipinski definition) is 6. The Morgan fingerprint density at radius 1 is 0.935 bits per heavy atom. The SMILES string of the molecule is CCN(CC)S(=O)(=O)c1ccc(OC)c(C(=O)NCCc2ccc(OC)cc2OC)c1. The van der Waals surface area contributed by atoms with Crippen molar-refractivity contribution in [3.05, 3.63) is 47.5 Å². The van der Waals surface area contributed by atoms with E-state index in [2.05, 4.69) is 5.32 Å². The summed E-state index contributed by atoms with van der Waals surface area (Å²) in [7, 11) is 0.898. The van der Waals surface area contributed by atoms with Crippen molar-refractivity contribution >= 4 is 15.9 Å². The van der Waals surface area contributed by atoms with Crippen LogP contribution in [-0.2, 0) is 16.4 Å². The van der Waals surface area contributed by atoms with Crippen molar-refractivity contribution in [2.45, 2.75) is 25.2 Å². The molecule has 2 aromatic carbocycles. The topological polar surface area (TPSA) is 94.2 Å². The zero-order valence-electron chi connectivity index (χ0n) is 18.6. The van der Waals surface area contributed by atoms with E-state index in [0.717, 1.165) is 5.56 Å². The number of amides is 1. The van der Waals surface area contributed by atoms with Gasteiger partial charge in [0.1, 0.15) is 17.2 Å². The average Bonchev–Trinajstić information content (AvgIpc) is 2.79. The van der Waals surface area contributed by atoms with Crippen LogP contribution in [0.3, 0.4) is 0 Å². The molecule has 0 unspecified atom stereocenters. The molecule has 0 fully saturated rings. The first-order valence-electron chi connectivity index (χ1n) is 9.99. The zero-order valence-corrected chi connectivity index (χ0v) is 19.4. The van der Waals surface area contributed by atoms with E-state index in [1.54, 1.807) is 34.1 Å². The lowest BCUT2D eigenvalue weighted by Gasteiger charge is -2.19. The molecule has 8 nitrogen and oxygen atoms in total. The molecule has 0 aliphatic rings. The summed E-state index contributed by atoms with van der Waals surface area (Å²) in [4.78, 5) is 12.9. The average molecular weight is 451 g/mol. The molecule has 9 heteroatoms. The maximum atomic E-state index is 12.8. The van der Waals surface area contributed by atoms with Gasteiger partial charge in [0.2, 0.25) is 10.0 Å². The van der Waals surface area contributed by atoms with Crippen LogP contribution in [0, 0.1) is 0 Å². The number of benzene rings is 2. The van der Waals surface area contributed by atoms with Crippen molar-refractivity contribution in [2.75, 3.05) is 41.0 Å². The summed E-state index contributed by atoms with van der Waals surface area (Å²) in [6.07, 6.45) is 0.526. The number of nitrogens with one attached hydrogen (secondary N) is 1. The standard InChI is InChI=1S/C22H30N2O6S/c1-6-24(7-2)31(26,27)18-10-11-20(29-4)19(15-18)22(25)23-13-12-16-8-9-17(28-3)14-21(16)30-5/h8-11,14-15H,6-7,12-13H2,1-5H3,(H,23,25). The predicted molar refractivity (Wildman–Crippen MR) is 119 cm³/mol. The van der Waals surface area contributed by atoms with Crippen molar-refractivity contribution in [3.8, 4) is 17.2 Å². The molecular formula is C22H30N2O6S. The Bertz CT molecular complexity index is 1000. The van der Waals surface area contributed by atoms with Gasteiger partial charge >= 0.3 is 0 Å². The summed E-state index contributed by atoms with van der Waals surface area (Å²) in [6, 6.07) is 9.78. The molecule has 0 radical (unpaired) electrons. The van der Waals surface area contributed by atoms with Gasteiger partial charge in [-0.25, -0.2) is 8.42 Å². The molecule has 0 atom stereocenters. The van der Waals surface area contributed by atoms with Gasteiger partial charge in [0.05, 0.1) is 31.8 Å². The minimum atomic E-state index is -3.69. The van der Waals surface area contributed by atoms with Crippen LogP contribution < -0.4 is 19.5 Å². The monoisotopic (exact) mass is 450 g/mol. The van der Waals surface area contributed by atoms with E-state index in [-0.39, 0.29) is 10.5 Å². The van der Waals surface area contributed by atoms with Gasteiger partial charge in [-0.1, -0.05) is 19.9 Å². The number of carbonyl (C=O) groups is 1. The molecular weight excluding hydrogens is 420 g/mol. The molecule has 31 heavy (non-hydrogen) atoms. The van der Waals surface area contributed by atoms with Gasteiger partial charge in [-0.05, 0) is 36.2 Å². The minimum absolute atomic E-state index is 0.0546. The lowest BCUT2D eigenvalue weighted by Crippen LogP contribution is -2.31. The van der Waals surface area contributed by atoms with Crippen LogP contribution in [0.2, 0.25) is 0 Å². The zero-order chi connectivity index (χ0) is 23.0. The smallest absolute Gasteiger partial charge is 0.255 e. The van der Waals surface area contributed by atoms with Crippen molar-refractivity contribution < 1.29 is 27.4 Å². The first-order valence-corrected chi connectivity index (χ1v) is 11.4. The third kappa shape index (κ3) is 5.68. The van der Waals surface area contributed by atoms with Crippen LogP contribution in [0.15, 0.2) is 41.3 Å². The molecule has 0 saturated heterocycles. The van der Waals surface area contributed by atoms with Gasteiger partial charge in [0.15, 0.2) is 0 Å². The second kappa shape index (κ2) is 11.0. The van der Waals surface area contributed by atoms with Crippen molar-refractivity contribution in [2.24, 2.45) is 0 Å². The normalized spacial score (nSPS) is 11.3. The highest BCUT2D eigenvalue weighted by atomic mass is 32.2. The first-order chi connectivity index (χ1) is 14.8. The number of rotatable bonds is 11. The maximum absolute atomic E-state index is 12.8. The summed E-state index contributed by atoms with van der Waals surface area (Å²) in [5.74, 6) is 1.23. The molecule has 0 aromatic heterocycles. The third-order valence-corrected chi connectivity index (χ3v) is 6.98. The van der Waals surface area contributed by atoms with E-state index in [9.17, 15) is 13.2 Å². The molecule has 1 amide bonds. The van der Waals surface area contributed by atoms with Gasteiger partial charge in [-0.15, -0.1) is 0 Å². The maximum Gasteiger partial charge on any atom is 0.255 e. The minimum Gasteiger partial charge on any atom is -0.497 e.